The third-order valence-corrected chi connectivity index (χ3v) is 2.05. The second-order valence-corrected chi connectivity index (χ2v) is 3.12. The van der Waals surface area contributed by atoms with Gasteiger partial charge in [-0.25, -0.2) is 4.98 Å². The first-order chi connectivity index (χ1) is 5.77. The van der Waals surface area contributed by atoms with Gasteiger partial charge in [-0.3, -0.25) is 9.78 Å². The summed E-state index contributed by atoms with van der Waals surface area (Å²) in [6.07, 6.45) is 4.44. The first kappa shape index (κ1) is 7.42. The average Bonchev–Trinajstić information content (AvgIpc) is 2.07. The number of halogens is 1. The van der Waals surface area contributed by atoms with E-state index < -0.39 is 0 Å². The number of nitrogens with one attached hydrogen (secondary N) is 1. The molecule has 0 aliphatic rings. The molecule has 0 aliphatic heterocycles. The van der Waals surface area contributed by atoms with Gasteiger partial charge in [-0.1, -0.05) is 0 Å². The molecule has 2 aromatic rings. The molecule has 2 rings (SSSR count). The van der Waals surface area contributed by atoms with Crippen LogP contribution in [0.2, 0.25) is 0 Å². The van der Waals surface area contributed by atoms with Gasteiger partial charge in [-0.15, -0.1) is 0 Å². The van der Waals surface area contributed by atoms with Crippen molar-refractivity contribution in [1.29, 1.82) is 0 Å². The van der Waals surface area contributed by atoms with E-state index in [0.29, 0.717) is 11.0 Å². The molecule has 60 valence electrons. The van der Waals surface area contributed by atoms with Crippen molar-refractivity contribution in [3.05, 3.63) is 33.4 Å². The number of nitrogens with zero attached hydrogens (tertiary/aromatic N) is 2. The van der Waals surface area contributed by atoms with Gasteiger partial charge >= 0.3 is 0 Å². The molecule has 0 aromatic carbocycles. The van der Waals surface area contributed by atoms with E-state index in [2.05, 4.69) is 30.9 Å². The number of pyridine rings is 1. The van der Waals surface area contributed by atoms with E-state index in [1.54, 1.807) is 12.4 Å². The topological polar surface area (TPSA) is 58.6 Å². The van der Waals surface area contributed by atoms with Crippen molar-refractivity contribution >= 4 is 27.0 Å². The Morgan fingerprint density at radius 1 is 1.33 bits per heavy atom. The van der Waals surface area contributed by atoms with Gasteiger partial charge in [0.15, 0.2) is 0 Å². The van der Waals surface area contributed by atoms with Crippen molar-refractivity contribution in [2.75, 3.05) is 0 Å². The zero-order chi connectivity index (χ0) is 8.55. The Kier molecular flexibility index (Phi) is 1.65. The molecule has 2 heterocycles. The van der Waals surface area contributed by atoms with E-state index in [9.17, 15) is 4.79 Å². The number of aromatic amines is 1. The van der Waals surface area contributed by atoms with E-state index in [1.807, 2.05) is 0 Å². The summed E-state index contributed by atoms with van der Waals surface area (Å²) in [5, 5.41) is 0. The molecular formula is C7H4BrN3O. The molecular weight excluding hydrogens is 222 g/mol. The van der Waals surface area contributed by atoms with Gasteiger partial charge < -0.3 is 4.98 Å². The lowest BCUT2D eigenvalue weighted by molar-refractivity contribution is 1.19. The molecule has 0 aliphatic carbocycles. The highest BCUT2D eigenvalue weighted by Gasteiger charge is 1.99. The van der Waals surface area contributed by atoms with E-state index >= 15 is 0 Å². The van der Waals surface area contributed by atoms with Gasteiger partial charge in [-0.05, 0) is 15.9 Å². The van der Waals surface area contributed by atoms with Crippen LogP contribution >= 0.6 is 15.9 Å². The zero-order valence-electron chi connectivity index (χ0n) is 5.91. The Hall–Kier alpha value is -1.23. The van der Waals surface area contributed by atoms with Gasteiger partial charge in [0.1, 0.15) is 5.52 Å². The van der Waals surface area contributed by atoms with Crippen molar-refractivity contribution in [3.8, 4) is 0 Å². The molecule has 12 heavy (non-hydrogen) atoms. The standard InChI is InChI=1S/C7H4BrN3O/c8-4-1-9-2-5-7(4)11-6(12)3-10-5/h1-3H,(H,11,12). The van der Waals surface area contributed by atoms with Gasteiger partial charge in [0.05, 0.1) is 22.4 Å². The predicted octanol–water partition coefficient (Wildman–Crippen LogP) is 1.08. The first-order valence-corrected chi connectivity index (χ1v) is 4.05. The van der Waals surface area contributed by atoms with Crippen molar-refractivity contribution < 1.29 is 0 Å². The predicted molar refractivity (Wildman–Crippen MR) is 47.9 cm³/mol. The molecule has 0 amide bonds. The summed E-state index contributed by atoms with van der Waals surface area (Å²) < 4.78 is 0.741. The zero-order valence-corrected chi connectivity index (χ0v) is 7.50. The molecule has 0 radical (unpaired) electrons. The Morgan fingerprint density at radius 3 is 3.00 bits per heavy atom. The fourth-order valence-corrected chi connectivity index (χ4v) is 1.35. The second kappa shape index (κ2) is 2.67. The summed E-state index contributed by atoms with van der Waals surface area (Å²) in [6.45, 7) is 0. The van der Waals surface area contributed by atoms with Crippen LogP contribution in [0.5, 0.6) is 0 Å². The van der Waals surface area contributed by atoms with Crippen LogP contribution in [0.3, 0.4) is 0 Å². The molecule has 1 N–H and O–H groups in total. The van der Waals surface area contributed by atoms with Crippen LogP contribution in [0.25, 0.3) is 11.0 Å². The molecule has 2 aromatic heterocycles. The summed E-state index contributed by atoms with van der Waals surface area (Å²) in [5.41, 5.74) is 1.14. The number of H-pyrrole nitrogens is 1. The number of fused-ring (bicyclic) bond motifs is 1. The van der Waals surface area contributed by atoms with Crippen molar-refractivity contribution in [2.45, 2.75) is 0 Å². The fraction of sp³-hybridized carbons (Fsp3) is 0. The molecule has 0 saturated heterocycles. The molecule has 0 saturated carbocycles. The summed E-state index contributed by atoms with van der Waals surface area (Å²) in [4.78, 5) is 21.3. The van der Waals surface area contributed by atoms with E-state index in [-0.39, 0.29) is 5.56 Å². The maximum absolute atomic E-state index is 10.9. The summed E-state index contributed by atoms with van der Waals surface area (Å²) in [7, 11) is 0. The molecule has 5 heteroatoms. The summed E-state index contributed by atoms with van der Waals surface area (Å²) in [5.74, 6) is 0. The second-order valence-electron chi connectivity index (χ2n) is 2.26. The Labute approximate surface area is 75.8 Å². The van der Waals surface area contributed by atoms with Gasteiger partial charge in [0.2, 0.25) is 0 Å². The van der Waals surface area contributed by atoms with Gasteiger partial charge in [-0.2, -0.15) is 0 Å². The smallest absolute Gasteiger partial charge is 0.266 e. The molecule has 0 unspecified atom stereocenters. The largest absolute Gasteiger partial charge is 0.318 e. The quantitative estimate of drug-likeness (QED) is 0.731. The van der Waals surface area contributed by atoms with Crippen LogP contribution in [0.1, 0.15) is 0 Å². The van der Waals surface area contributed by atoms with E-state index in [4.69, 9.17) is 0 Å². The van der Waals surface area contributed by atoms with Crippen molar-refractivity contribution in [1.82, 2.24) is 15.0 Å². The van der Waals surface area contributed by atoms with Crippen molar-refractivity contribution in [3.63, 3.8) is 0 Å². The van der Waals surface area contributed by atoms with Crippen LogP contribution in [-0.2, 0) is 0 Å². The maximum Gasteiger partial charge on any atom is 0.266 e. The lowest BCUT2D eigenvalue weighted by atomic mass is 10.4. The van der Waals surface area contributed by atoms with Crippen LogP contribution < -0.4 is 5.56 Å². The number of aromatic nitrogens is 3. The minimum absolute atomic E-state index is 0.214. The summed E-state index contributed by atoms with van der Waals surface area (Å²) >= 11 is 3.26. The molecule has 0 atom stereocenters. The first-order valence-electron chi connectivity index (χ1n) is 3.26. The highest BCUT2D eigenvalue weighted by atomic mass is 79.9. The third kappa shape index (κ3) is 1.12. The van der Waals surface area contributed by atoms with Crippen LogP contribution in [0.4, 0.5) is 0 Å². The van der Waals surface area contributed by atoms with Gasteiger partial charge in [0, 0.05) is 6.20 Å². The van der Waals surface area contributed by atoms with E-state index in [1.165, 1.54) is 6.20 Å². The van der Waals surface area contributed by atoms with Crippen LogP contribution in [0.15, 0.2) is 27.9 Å². The minimum Gasteiger partial charge on any atom is -0.318 e. The maximum atomic E-state index is 10.9. The lowest BCUT2D eigenvalue weighted by Crippen LogP contribution is -2.05. The fourth-order valence-electron chi connectivity index (χ4n) is 0.930. The number of hydrogen-bond acceptors (Lipinski definition) is 3. The van der Waals surface area contributed by atoms with E-state index in [0.717, 1.165) is 4.47 Å². The molecule has 4 nitrogen and oxygen atoms in total. The molecule has 0 spiro atoms. The SMILES string of the molecule is O=c1cnc2cncc(Br)c2[nH]1. The van der Waals surface area contributed by atoms with Crippen LogP contribution in [0, 0.1) is 0 Å². The Bertz CT molecular complexity index is 479. The summed E-state index contributed by atoms with van der Waals surface area (Å²) in [6, 6.07) is 0. The highest BCUT2D eigenvalue weighted by molar-refractivity contribution is 9.10. The van der Waals surface area contributed by atoms with Crippen LogP contribution in [-0.4, -0.2) is 15.0 Å². The Morgan fingerprint density at radius 2 is 2.17 bits per heavy atom. The van der Waals surface area contributed by atoms with Gasteiger partial charge in [0.25, 0.3) is 5.56 Å². The highest BCUT2D eigenvalue weighted by Crippen LogP contribution is 2.16. The number of hydrogen-bond donors (Lipinski definition) is 1. The minimum atomic E-state index is -0.214. The monoisotopic (exact) mass is 225 g/mol. The lowest BCUT2D eigenvalue weighted by Gasteiger charge is -1.96. The number of rotatable bonds is 0. The molecule has 0 fully saturated rings. The Balaban J connectivity index is 2.97. The third-order valence-electron chi connectivity index (χ3n) is 1.45. The average molecular weight is 226 g/mol. The van der Waals surface area contributed by atoms with Crippen molar-refractivity contribution in [2.24, 2.45) is 0 Å². The molecule has 0 bridgehead atoms. The normalized spacial score (nSPS) is 10.4.